The van der Waals surface area contributed by atoms with Gasteiger partial charge in [0.25, 0.3) is 0 Å². The number of aromatic nitrogens is 3. The Hall–Kier alpha value is -6.69. The van der Waals surface area contributed by atoms with Crippen LogP contribution in [0.5, 0.6) is 0 Å². The van der Waals surface area contributed by atoms with Gasteiger partial charge in [0.1, 0.15) is 11.2 Å². The van der Waals surface area contributed by atoms with Crippen molar-refractivity contribution in [3.05, 3.63) is 175 Å². The second-order valence-corrected chi connectivity index (χ2v) is 13.9. The highest BCUT2D eigenvalue weighted by Gasteiger charge is 2.19. The van der Waals surface area contributed by atoms with Gasteiger partial charge in [-0.15, -0.1) is 0 Å². The van der Waals surface area contributed by atoms with Crippen LogP contribution in [0.15, 0.2) is 174 Å². The molecule has 1 fully saturated rings. The normalized spacial score (nSPS) is 14.2. The zero-order valence-corrected chi connectivity index (χ0v) is 29.5. The van der Waals surface area contributed by atoms with Gasteiger partial charge in [-0.25, -0.2) is 15.0 Å². The highest BCUT2D eigenvalue weighted by Crippen LogP contribution is 2.39. The highest BCUT2D eigenvalue weighted by molar-refractivity contribution is 6.13. The Morgan fingerprint density at radius 1 is 0.426 bits per heavy atom. The largest absolute Gasteiger partial charge is 0.456 e. The molecular weight excluding hydrogens is 663 g/mol. The number of rotatable bonds is 7. The molecule has 7 aromatic carbocycles. The van der Waals surface area contributed by atoms with Crippen LogP contribution in [0.2, 0.25) is 0 Å². The summed E-state index contributed by atoms with van der Waals surface area (Å²) in [6.07, 6.45) is 1.05. The molecule has 0 saturated carbocycles. The summed E-state index contributed by atoms with van der Waals surface area (Å²) < 4.78 is 12.2. The van der Waals surface area contributed by atoms with Crippen molar-refractivity contribution in [2.45, 2.75) is 12.3 Å². The second-order valence-electron chi connectivity index (χ2n) is 13.9. The van der Waals surface area contributed by atoms with Crippen LogP contribution in [0.25, 0.3) is 89.5 Å². The van der Waals surface area contributed by atoms with E-state index in [9.17, 15) is 0 Å². The van der Waals surface area contributed by atoms with Crippen LogP contribution in [-0.4, -0.2) is 28.2 Å². The minimum Gasteiger partial charge on any atom is -0.456 e. The molecule has 0 amide bonds. The van der Waals surface area contributed by atoms with Gasteiger partial charge in [0, 0.05) is 40.0 Å². The fourth-order valence-electron chi connectivity index (χ4n) is 7.59. The molecule has 2 aromatic heterocycles. The van der Waals surface area contributed by atoms with E-state index in [-0.39, 0.29) is 0 Å². The maximum Gasteiger partial charge on any atom is 0.164 e. The van der Waals surface area contributed by atoms with Crippen molar-refractivity contribution < 1.29 is 9.15 Å². The summed E-state index contributed by atoms with van der Waals surface area (Å²) >= 11 is 0. The molecule has 0 aliphatic carbocycles. The van der Waals surface area contributed by atoms with E-state index in [4.69, 9.17) is 24.1 Å². The lowest BCUT2D eigenvalue weighted by atomic mass is 9.96. The standard InChI is InChI=1S/C49H35N3O2/c1-3-8-32(9-4-1)34-14-20-37(21-15-34)42-12-7-13-44-46(42)43-27-26-40(30-45(43)54-44)49-51-47(38-22-16-35(17-23-38)33-10-5-2-6-11-33)50-48(52-49)39-24-18-36(19-25-39)41-28-29-53-31-41/h1-27,30,41H,28-29,31H2. The lowest BCUT2D eigenvalue weighted by molar-refractivity contribution is 0.194. The van der Waals surface area contributed by atoms with Gasteiger partial charge < -0.3 is 9.15 Å². The zero-order valence-electron chi connectivity index (χ0n) is 29.5. The van der Waals surface area contributed by atoms with E-state index < -0.39 is 0 Å². The molecular formula is C49H35N3O2. The van der Waals surface area contributed by atoms with E-state index in [0.29, 0.717) is 23.4 Å². The Balaban J connectivity index is 1.05. The highest BCUT2D eigenvalue weighted by atomic mass is 16.5. The molecule has 0 bridgehead atoms. The molecule has 0 N–H and O–H groups in total. The smallest absolute Gasteiger partial charge is 0.164 e. The molecule has 5 nitrogen and oxygen atoms in total. The maximum absolute atomic E-state index is 6.54. The number of furan rings is 1. The van der Waals surface area contributed by atoms with Crippen LogP contribution >= 0.6 is 0 Å². The predicted molar refractivity (Wildman–Crippen MR) is 218 cm³/mol. The average molecular weight is 698 g/mol. The van der Waals surface area contributed by atoms with E-state index in [2.05, 4.69) is 152 Å². The van der Waals surface area contributed by atoms with Crippen LogP contribution in [0.1, 0.15) is 17.9 Å². The van der Waals surface area contributed by atoms with Gasteiger partial charge in [-0.2, -0.15) is 0 Å². The van der Waals surface area contributed by atoms with E-state index in [1.54, 1.807) is 0 Å². The first-order valence-electron chi connectivity index (χ1n) is 18.4. The van der Waals surface area contributed by atoms with Crippen LogP contribution < -0.4 is 0 Å². The minimum atomic E-state index is 0.427. The van der Waals surface area contributed by atoms with Crippen molar-refractivity contribution in [1.82, 2.24) is 15.0 Å². The number of ether oxygens (including phenoxy) is 1. The van der Waals surface area contributed by atoms with Gasteiger partial charge in [0.05, 0.1) is 6.61 Å². The summed E-state index contributed by atoms with van der Waals surface area (Å²) in [5, 5.41) is 2.14. The maximum atomic E-state index is 6.54. The van der Waals surface area contributed by atoms with Gasteiger partial charge in [-0.05, 0) is 63.6 Å². The fraction of sp³-hybridized carbons (Fsp3) is 0.0816. The van der Waals surface area contributed by atoms with Gasteiger partial charge >= 0.3 is 0 Å². The Bertz CT molecular complexity index is 2730. The number of fused-ring (bicyclic) bond motifs is 3. The average Bonchev–Trinajstić information content (AvgIpc) is 3.93. The quantitative estimate of drug-likeness (QED) is 0.166. The lowest BCUT2D eigenvalue weighted by Gasteiger charge is -2.11. The first-order valence-corrected chi connectivity index (χ1v) is 18.4. The first-order chi connectivity index (χ1) is 26.7. The van der Waals surface area contributed by atoms with E-state index in [1.165, 1.54) is 22.3 Å². The summed E-state index contributed by atoms with van der Waals surface area (Å²) in [5.41, 5.74) is 12.6. The fourth-order valence-corrected chi connectivity index (χ4v) is 7.59. The topological polar surface area (TPSA) is 61.0 Å². The SMILES string of the molecule is c1ccc(-c2ccc(-c3nc(-c4ccc(C5CCOC5)cc4)nc(-c4ccc5c(c4)oc4cccc(-c6ccc(-c7ccccc7)cc6)c45)n3)cc2)cc1. The first kappa shape index (κ1) is 32.0. The van der Waals surface area contributed by atoms with Crippen molar-refractivity contribution >= 4 is 21.9 Å². The van der Waals surface area contributed by atoms with Crippen LogP contribution in [-0.2, 0) is 4.74 Å². The van der Waals surface area contributed by atoms with Gasteiger partial charge in [0.15, 0.2) is 17.5 Å². The van der Waals surface area contributed by atoms with Crippen molar-refractivity contribution in [1.29, 1.82) is 0 Å². The summed E-state index contributed by atoms with van der Waals surface area (Å²) in [4.78, 5) is 15.1. The Labute approximate surface area is 313 Å². The molecule has 1 unspecified atom stereocenters. The second kappa shape index (κ2) is 13.7. The van der Waals surface area contributed by atoms with Crippen molar-refractivity contribution in [3.63, 3.8) is 0 Å². The number of benzene rings is 7. The monoisotopic (exact) mass is 697 g/mol. The third kappa shape index (κ3) is 6.05. The molecule has 5 heteroatoms. The third-order valence-corrected chi connectivity index (χ3v) is 10.5. The van der Waals surface area contributed by atoms with Crippen molar-refractivity contribution in [2.75, 3.05) is 13.2 Å². The van der Waals surface area contributed by atoms with Gasteiger partial charge in [-0.1, -0.05) is 152 Å². The van der Waals surface area contributed by atoms with Crippen LogP contribution in [0.3, 0.4) is 0 Å². The van der Waals surface area contributed by atoms with E-state index in [0.717, 1.165) is 75.0 Å². The van der Waals surface area contributed by atoms with E-state index >= 15 is 0 Å². The van der Waals surface area contributed by atoms with Gasteiger partial charge in [0.2, 0.25) is 0 Å². The summed E-state index contributed by atoms with van der Waals surface area (Å²) in [6, 6.07) is 59.2. The Kier molecular flexibility index (Phi) is 8.12. The summed E-state index contributed by atoms with van der Waals surface area (Å²) in [6.45, 7) is 1.58. The lowest BCUT2D eigenvalue weighted by Crippen LogP contribution is -2.01. The number of nitrogens with zero attached hydrogens (tertiary/aromatic N) is 3. The van der Waals surface area contributed by atoms with E-state index in [1.807, 2.05) is 18.2 Å². The zero-order chi connectivity index (χ0) is 35.8. The molecule has 10 rings (SSSR count). The summed E-state index contributed by atoms with van der Waals surface area (Å²) in [7, 11) is 0. The molecule has 0 spiro atoms. The third-order valence-electron chi connectivity index (χ3n) is 10.5. The molecule has 258 valence electrons. The molecule has 1 saturated heterocycles. The molecule has 1 aliphatic heterocycles. The number of hydrogen-bond acceptors (Lipinski definition) is 5. The molecule has 9 aromatic rings. The Morgan fingerprint density at radius 2 is 0.944 bits per heavy atom. The van der Waals surface area contributed by atoms with Crippen LogP contribution in [0.4, 0.5) is 0 Å². The Morgan fingerprint density at radius 3 is 1.54 bits per heavy atom. The molecule has 0 radical (unpaired) electrons. The molecule has 3 heterocycles. The summed E-state index contributed by atoms with van der Waals surface area (Å²) in [5.74, 6) is 2.27. The molecule has 1 aliphatic rings. The van der Waals surface area contributed by atoms with Crippen LogP contribution in [0, 0.1) is 0 Å². The van der Waals surface area contributed by atoms with Crippen molar-refractivity contribution in [3.8, 4) is 67.5 Å². The van der Waals surface area contributed by atoms with Crippen molar-refractivity contribution in [2.24, 2.45) is 0 Å². The minimum absolute atomic E-state index is 0.427. The number of hydrogen-bond donors (Lipinski definition) is 0. The predicted octanol–water partition coefficient (Wildman–Crippen LogP) is 12.3. The molecule has 54 heavy (non-hydrogen) atoms. The van der Waals surface area contributed by atoms with Gasteiger partial charge in [-0.3, -0.25) is 0 Å². The molecule has 1 atom stereocenters.